The van der Waals surface area contributed by atoms with Gasteiger partial charge in [-0.25, -0.2) is 14.4 Å². The number of ether oxygens (including phenoxy) is 2. The molecule has 0 fully saturated rings. The number of hydrogen-bond donors (Lipinski definition) is 1. The Kier molecular flexibility index (Phi) is 7.59. The van der Waals surface area contributed by atoms with Crippen LogP contribution in [0.2, 0.25) is 0 Å². The second kappa shape index (κ2) is 11.2. The summed E-state index contributed by atoms with van der Waals surface area (Å²) in [7, 11) is 3.22. The third-order valence-corrected chi connectivity index (χ3v) is 6.95. The third-order valence-electron chi connectivity index (χ3n) is 6.95. The molecule has 200 valence electrons. The minimum Gasteiger partial charge on any atom is -0.496 e. The number of halogens is 1. The predicted octanol–water partition coefficient (Wildman–Crippen LogP) is 7.47. The van der Waals surface area contributed by atoms with E-state index >= 15 is 4.39 Å². The summed E-state index contributed by atoms with van der Waals surface area (Å²) in [6.45, 7) is 6.73. The molecule has 6 nitrogen and oxygen atoms in total. The molecule has 7 heteroatoms. The van der Waals surface area contributed by atoms with E-state index in [1.54, 1.807) is 32.5 Å². The fraction of sp³-hybridized carbons (Fsp3) is 0.281. The summed E-state index contributed by atoms with van der Waals surface area (Å²) in [5.74, 6) is 1.69. The number of aromatic nitrogens is 2. The van der Waals surface area contributed by atoms with E-state index in [9.17, 15) is 0 Å². The number of aryl methyl sites for hydroxylation is 1. The van der Waals surface area contributed by atoms with Crippen molar-refractivity contribution in [2.45, 2.75) is 46.1 Å². The number of rotatable bonds is 8. The second-order valence-corrected chi connectivity index (χ2v) is 9.92. The molecule has 0 unspecified atom stereocenters. The molecular formula is C32H33FN4O2. The van der Waals surface area contributed by atoms with Crippen molar-refractivity contribution in [2.75, 3.05) is 19.5 Å². The maximum absolute atomic E-state index is 15.3. The molecule has 39 heavy (non-hydrogen) atoms. The van der Waals surface area contributed by atoms with Gasteiger partial charge < -0.3 is 14.8 Å². The zero-order valence-corrected chi connectivity index (χ0v) is 23.0. The molecule has 0 bridgehead atoms. The first-order valence-corrected chi connectivity index (χ1v) is 13.2. The largest absolute Gasteiger partial charge is 0.496 e. The molecule has 1 aliphatic rings. The third kappa shape index (κ3) is 5.21. The van der Waals surface area contributed by atoms with Gasteiger partial charge in [0.2, 0.25) is 5.95 Å². The fourth-order valence-electron chi connectivity index (χ4n) is 5.02. The van der Waals surface area contributed by atoms with E-state index < -0.39 is 0 Å². The average Bonchev–Trinajstić information content (AvgIpc) is 3.09. The van der Waals surface area contributed by atoms with E-state index in [1.165, 1.54) is 6.07 Å². The first kappa shape index (κ1) is 26.4. The van der Waals surface area contributed by atoms with Gasteiger partial charge in [-0.1, -0.05) is 51.5 Å². The van der Waals surface area contributed by atoms with Gasteiger partial charge >= 0.3 is 0 Å². The van der Waals surface area contributed by atoms with Crippen LogP contribution >= 0.6 is 0 Å². The highest BCUT2D eigenvalue weighted by Crippen LogP contribution is 2.36. The van der Waals surface area contributed by atoms with Crippen molar-refractivity contribution in [3.8, 4) is 22.8 Å². The lowest BCUT2D eigenvalue weighted by atomic mass is 9.92. The van der Waals surface area contributed by atoms with Crippen LogP contribution in [0.25, 0.3) is 11.3 Å². The SMILES string of the molecule is CCCc1ccc2c(c1)C(c1c(F)cccc1OC)=NCc1cnc(Nc3ccc(C(C)C)c(OC)c3)nc1-2. The van der Waals surface area contributed by atoms with Crippen LogP contribution in [-0.2, 0) is 13.0 Å². The van der Waals surface area contributed by atoms with E-state index in [1.807, 2.05) is 12.1 Å². The van der Waals surface area contributed by atoms with Gasteiger partial charge in [0, 0.05) is 34.6 Å². The van der Waals surface area contributed by atoms with E-state index in [4.69, 9.17) is 19.5 Å². The highest BCUT2D eigenvalue weighted by Gasteiger charge is 2.25. The van der Waals surface area contributed by atoms with E-state index in [2.05, 4.69) is 55.3 Å². The molecule has 4 aromatic rings. The lowest BCUT2D eigenvalue weighted by molar-refractivity contribution is 0.408. The van der Waals surface area contributed by atoms with Crippen LogP contribution in [0.4, 0.5) is 16.0 Å². The van der Waals surface area contributed by atoms with Crippen LogP contribution < -0.4 is 14.8 Å². The summed E-state index contributed by atoms with van der Waals surface area (Å²) in [5.41, 5.74) is 7.37. The Balaban J connectivity index is 1.61. The summed E-state index contributed by atoms with van der Waals surface area (Å²) < 4.78 is 26.4. The summed E-state index contributed by atoms with van der Waals surface area (Å²) in [5, 5.41) is 3.33. The molecule has 1 aliphatic heterocycles. The monoisotopic (exact) mass is 524 g/mol. The smallest absolute Gasteiger partial charge is 0.227 e. The zero-order chi connectivity index (χ0) is 27.5. The number of nitrogens with zero attached hydrogens (tertiary/aromatic N) is 3. The van der Waals surface area contributed by atoms with Crippen LogP contribution in [0, 0.1) is 5.82 Å². The van der Waals surface area contributed by atoms with Crippen LogP contribution in [0.5, 0.6) is 11.5 Å². The van der Waals surface area contributed by atoms with Gasteiger partial charge in [0.05, 0.1) is 37.7 Å². The van der Waals surface area contributed by atoms with Gasteiger partial charge in [0.15, 0.2) is 0 Å². The maximum Gasteiger partial charge on any atom is 0.227 e. The molecule has 3 aromatic carbocycles. The average molecular weight is 525 g/mol. The molecule has 0 saturated carbocycles. The quantitative estimate of drug-likeness (QED) is 0.259. The number of nitrogens with one attached hydrogen (secondary N) is 1. The zero-order valence-electron chi connectivity index (χ0n) is 23.0. The molecule has 5 rings (SSSR count). The van der Waals surface area contributed by atoms with Gasteiger partial charge in [-0.3, -0.25) is 4.99 Å². The van der Waals surface area contributed by atoms with Crippen molar-refractivity contribution >= 4 is 17.3 Å². The van der Waals surface area contributed by atoms with Crippen LogP contribution in [-0.4, -0.2) is 29.9 Å². The molecule has 2 heterocycles. The number of fused-ring (bicyclic) bond motifs is 3. The number of hydrogen-bond acceptors (Lipinski definition) is 6. The minimum absolute atomic E-state index is 0.317. The lowest BCUT2D eigenvalue weighted by Gasteiger charge is -2.16. The van der Waals surface area contributed by atoms with Gasteiger partial charge in [0.25, 0.3) is 0 Å². The van der Waals surface area contributed by atoms with Gasteiger partial charge in [-0.05, 0) is 47.7 Å². The molecule has 0 spiro atoms. The number of anilines is 2. The second-order valence-electron chi connectivity index (χ2n) is 9.92. The Hall–Kier alpha value is -4.26. The summed E-state index contributed by atoms with van der Waals surface area (Å²) in [4.78, 5) is 14.4. The highest BCUT2D eigenvalue weighted by atomic mass is 19.1. The van der Waals surface area contributed by atoms with Crippen LogP contribution in [0.3, 0.4) is 0 Å². The predicted molar refractivity (Wildman–Crippen MR) is 154 cm³/mol. The molecule has 0 saturated heterocycles. The van der Waals surface area contributed by atoms with Crippen molar-refractivity contribution in [1.29, 1.82) is 0 Å². The Morgan fingerprint density at radius 1 is 0.974 bits per heavy atom. The number of benzene rings is 3. The number of aliphatic imine (C=N–C) groups is 1. The van der Waals surface area contributed by atoms with Crippen molar-refractivity contribution < 1.29 is 13.9 Å². The Morgan fingerprint density at radius 3 is 2.54 bits per heavy atom. The molecule has 0 radical (unpaired) electrons. The molecular weight excluding hydrogens is 491 g/mol. The van der Waals surface area contributed by atoms with Crippen molar-refractivity contribution in [3.05, 3.63) is 94.4 Å². The van der Waals surface area contributed by atoms with Crippen molar-refractivity contribution in [2.24, 2.45) is 4.99 Å². The minimum atomic E-state index is -0.377. The fourth-order valence-corrected chi connectivity index (χ4v) is 5.02. The van der Waals surface area contributed by atoms with Crippen molar-refractivity contribution in [1.82, 2.24) is 9.97 Å². The first-order chi connectivity index (χ1) is 18.9. The van der Waals surface area contributed by atoms with Crippen LogP contribution in [0.1, 0.15) is 60.9 Å². The molecule has 0 aliphatic carbocycles. The van der Waals surface area contributed by atoms with Gasteiger partial charge in [-0.2, -0.15) is 0 Å². The van der Waals surface area contributed by atoms with E-state index in [0.717, 1.165) is 57.8 Å². The van der Waals surface area contributed by atoms with E-state index in [0.29, 0.717) is 35.4 Å². The standard InChI is InChI=1S/C32H33FN4O2/c1-6-8-20-11-13-24-25(15-20)31(29-26(33)9-7-10-27(29)38-4)34-17-21-18-35-32(37-30(21)24)36-22-12-14-23(19(2)3)28(16-22)39-5/h7,9-16,18-19H,6,8,17H2,1-5H3,(H,35,36,37). The molecule has 1 N–H and O–H groups in total. The first-order valence-electron chi connectivity index (χ1n) is 13.2. The van der Waals surface area contributed by atoms with Gasteiger partial charge in [-0.15, -0.1) is 0 Å². The van der Waals surface area contributed by atoms with E-state index in [-0.39, 0.29) is 5.82 Å². The topological polar surface area (TPSA) is 68.6 Å². The Labute approximate surface area is 229 Å². The Bertz CT molecular complexity index is 1550. The molecule has 0 amide bonds. The lowest BCUT2D eigenvalue weighted by Crippen LogP contribution is -2.10. The highest BCUT2D eigenvalue weighted by molar-refractivity contribution is 6.18. The maximum atomic E-state index is 15.3. The summed E-state index contributed by atoms with van der Waals surface area (Å²) in [6, 6.07) is 17.1. The number of methoxy groups -OCH3 is 2. The molecule has 1 aromatic heterocycles. The Morgan fingerprint density at radius 2 is 1.79 bits per heavy atom. The van der Waals surface area contributed by atoms with Crippen molar-refractivity contribution in [3.63, 3.8) is 0 Å². The molecule has 0 atom stereocenters. The summed E-state index contributed by atoms with van der Waals surface area (Å²) in [6.07, 6.45) is 3.70. The summed E-state index contributed by atoms with van der Waals surface area (Å²) >= 11 is 0. The van der Waals surface area contributed by atoms with Crippen LogP contribution in [0.15, 0.2) is 65.8 Å². The van der Waals surface area contributed by atoms with Gasteiger partial charge in [0.1, 0.15) is 17.3 Å². The normalized spacial score (nSPS) is 12.3.